The van der Waals surface area contributed by atoms with Gasteiger partial charge in [-0.15, -0.1) is 0 Å². The van der Waals surface area contributed by atoms with Gasteiger partial charge in [-0.05, 0) is 99.1 Å². The number of benzene rings is 8. The molecular weight excluding hydrogens is 743 g/mol. The van der Waals surface area contributed by atoms with E-state index in [0.717, 1.165) is 72.8 Å². The van der Waals surface area contributed by atoms with Crippen molar-refractivity contribution in [2.24, 2.45) is 0 Å². The van der Waals surface area contributed by atoms with Gasteiger partial charge in [0, 0.05) is 22.5 Å². The molecule has 0 unspecified atom stereocenters. The zero-order valence-corrected chi connectivity index (χ0v) is 33.3. The van der Waals surface area contributed by atoms with E-state index in [1.54, 1.807) is 0 Å². The molecule has 0 radical (unpaired) electrons. The van der Waals surface area contributed by atoms with Crippen LogP contribution in [-0.4, -0.2) is 19.9 Å². The summed E-state index contributed by atoms with van der Waals surface area (Å²) < 4.78 is 0. The lowest BCUT2D eigenvalue weighted by atomic mass is 9.96. The van der Waals surface area contributed by atoms with Crippen LogP contribution in [0.15, 0.2) is 237 Å². The highest BCUT2D eigenvalue weighted by Crippen LogP contribution is 2.38. The van der Waals surface area contributed by atoms with Crippen molar-refractivity contribution in [3.8, 4) is 78.8 Å². The zero-order chi connectivity index (χ0) is 40.8. The fourth-order valence-electron chi connectivity index (χ4n) is 7.66. The van der Waals surface area contributed by atoms with Crippen molar-refractivity contribution < 1.29 is 0 Å². The lowest BCUT2D eigenvalue weighted by molar-refractivity contribution is 1.05. The first kappa shape index (κ1) is 37.0. The molecule has 0 aliphatic heterocycles. The topological polar surface area (TPSA) is 54.8 Å². The molecule has 0 aliphatic carbocycles. The molecule has 10 aromatic rings. The molecular formula is C56H39N5. The summed E-state index contributed by atoms with van der Waals surface area (Å²) in [5.41, 5.74) is 13.3. The molecule has 0 saturated carbocycles. The van der Waals surface area contributed by atoms with Gasteiger partial charge in [-0.3, -0.25) is 4.90 Å². The van der Waals surface area contributed by atoms with E-state index in [0.29, 0.717) is 23.2 Å². The Hall–Kier alpha value is -8.28. The van der Waals surface area contributed by atoms with Crippen molar-refractivity contribution in [1.29, 1.82) is 0 Å². The number of aromatic nitrogens is 4. The second kappa shape index (κ2) is 16.9. The van der Waals surface area contributed by atoms with E-state index in [9.17, 15) is 0 Å². The van der Waals surface area contributed by atoms with Gasteiger partial charge in [0.15, 0.2) is 17.5 Å². The summed E-state index contributed by atoms with van der Waals surface area (Å²) >= 11 is 0. The Bertz CT molecular complexity index is 2990. The fraction of sp³-hybridized carbons (Fsp3) is 0. The van der Waals surface area contributed by atoms with Crippen molar-refractivity contribution >= 4 is 17.2 Å². The third kappa shape index (κ3) is 8.09. The van der Waals surface area contributed by atoms with Crippen LogP contribution in [0.3, 0.4) is 0 Å². The molecule has 0 spiro atoms. The second-order valence-electron chi connectivity index (χ2n) is 14.7. The summed E-state index contributed by atoms with van der Waals surface area (Å²) in [5, 5.41) is 0. The van der Waals surface area contributed by atoms with Crippen molar-refractivity contribution in [2.75, 3.05) is 4.90 Å². The summed E-state index contributed by atoms with van der Waals surface area (Å²) in [5.74, 6) is 2.35. The first-order chi connectivity index (χ1) is 30.2. The molecule has 61 heavy (non-hydrogen) atoms. The van der Waals surface area contributed by atoms with Gasteiger partial charge in [-0.25, -0.2) is 19.9 Å². The van der Waals surface area contributed by atoms with Gasteiger partial charge in [-0.2, -0.15) is 0 Å². The van der Waals surface area contributed by atoms with Gasteiger partial charge in [0.1, 0.15) is 11.5 Å². The monoisotopic (exact) mass is 781 g/mol. The van der Waals surface area contributed by atoms with E-state index in [-0.39, 0.29) is 0 Å². The molecule has 10 rings (SSSR count). The van der Waals surface area contributed by atoms with E-state index in [2.05, 4.69) is 169 Å². The largest absolute Gasteiger partial charge is 0.295 e. The van der Waals surface area contributed by atoms with Crippen molar-refractivity contribution in [2.45, 2.75) is 0 Å². The number of hydrogen-bond acceptors (Lipinski definition) is 5. The summed E-state index contributed by atoms with van der Waals surface area (Å²) in [6.45, 7) is 0. The molecule has 0 N–H and O–H groups in total. The molecule has 8 aromatic carbocycles. The van der Waals surface area contributed by atoms with Crippen LogP contribution in [0.5, 0.6) is 0 Å². The predicted octanol–water partition coefficient (Wildman–Crippen LogP) is 14.4. The van der Waals surface area contributed by atoms with Gasteiger partial charge >= 0.3 is 0 Å². The molecule has 0 atom stereocenters. The van der Waals surface area contributed by atoms with Gasteiger partial charge < -0.3 is 0 Å². The number of hydrogen-bond donors (Lipinski definition) is 0. The van der Waals surface area contributed by atoms with Gasteiger partial charge in [-0.1, -0.05) is 182 Å². The maximum Gasteiger partial charge on any atom is 0.182 e. The maximum absolute atomic E-state index is 5.35. The van der Waals surface area contributed by atoms with E-state index in [4.69, 9.17) is 19.9 Å². The normalized spacial score (nSPS) is 11.0. The molecule has 2 heterocycles. The molecule has 5 heteroatoms. The number of pyridine rings is 1. The minimum Gasteiger partial charge on any atom is -0.295 e. The second-order valence-corrected chi connectivity index (χ2v) is 14.7. The summed E-state index contributed by atoms with van der Waals surface area (Å²) in [4.78, 5) is 23.0. The third-order valence-corrected chi connectivity index (χ3v) is 10.7. The highest BCUT2D eigenvalue weighted by atomic mass is 15.2. The Balaban J connectivity index is 1.12. The van der Waals surface area contributed by atoms with Crippen LogP contribution in [-0.2, 0) is 0 Å². The molecule has 5 nitrogen and oxygen atoms in total. The molecule has 0 saturated heterocycles. The first-order valence-corrected chi connectivity index (χ1v) is 20.4. The van der Waals surface area contributed by atoms with Crippen LogP contribution in [0.4, 0.5) is 17.2 Å². The van der Waals surface area contributed by atoms with Crippen LogP contribution in [0, 0.1) is 0 Å². The molecule has 0 fully saturated rings. The van der Waals surface area contributed by atoms with Crippen LogP contribution in [0.25, 0.3) is 78.8 Å². The van der Waals surface area contributed by atoms with Gasteiger partial charge in [0.05, 0.1) is 0 Å². The fourth-order valence-corrected chi connectivity index (χ4v) is 7.66. The molecule has 0 amide bonds. The Morgan fingerprint density at radius 1 is 0.230 bits per heavy atom. The standard InChI is InChI=1S/C56H39N5/c1-6-18-40(19-7-1)44-32-34-50(35-33-44)61(51-29-16-28-46(39-51)41-20-8-2-9-21-41)53-31-17-30-52(57-53)56-59-54(45-26-14-5-15-27-45)58-55(60-56)49-37-47(42-22-10-3-11-23-42)36-48(38-49)43-24-12-4-13-25-43/h1-39H. The Morgan fingerprint density at radius 2 is 0.639 bits per heavy atom. The summed E-state index contributed by atoms with van der Waals surface area (Å²) in [6, 6.07) is 81.7. The SMILES string of the molecule is c1ccc(-c2ccc(N(c3cccc(-c4ccccc4)c3)c3cccc(-c4nc(-c5ccccc5)nc(-c5cc(-c6ccccc6)cc(-c6ccccc6)c5)n4)n3)cc2)cc1. The highest BCUT2D eigenvalue weighted by Gasteiger charge is 2.19. The maximum atomic E-state index is 5.35. The minimum atomic E-state index is 0.481. The smallest absolute Gasteiger partial charge is 0.182 e. The molecule has 0 bridgehead atoms. The molecule has 0 aliphatic rings. The van der Waals surface area contributed by atoms with Crippen LogP contribution in [0.2, 0.25) is 0 Å². The summed E-state index contributed by atoms with van der Waals surface area (Å²) in [6.07, 6.45) is 0. The lowest BCUT2D eigenvalue weighted by Gasteiger charge is -2.25. The number of nitrogens with zero attached hydrogens (tertiary/aromatic N) is 5. The van der Waals surface area contributed by atoms with E-state index < -0.39 is 0 Å². The average Bonchev–Trinajstić information content (AvgIpc) is 3.35. The number of rotatable bonds is 10. The molecule has 2 aromatic heterocycles. The minimum absolute atomic E-state index is 0.481. The zero-order valence-electron chi connectivity index (χ0n) is 33.3. The Kier molecular flexibility index (Phi) is 10.3. The van der Waals surface area contributed by atoms with Gasteiger partial charge in [0.25, 0.3) is 0 Å². The van der Waals surface area contributed by atoms with Crippen LogP contribution < -0.4 is 4.90 Å². The summed E-state index contributed by atoms with van der Waals surface area (Å²) in [7, 11) is 0. The average molecular weight is 782 g/mol. The van der Waals surface area contributed by atoms with Crippen LogP contribution >= 0.6 is 0 Å². The quantitative estimate of drug-likeness (QED) is 0.138. The van der Waals surface area contributed by atoms with E-state index in [1.807, 2.05) is 72.8 Å². The van der Waals surface area contributed by atoms with E-state index in [1.165, 1.54) is 0 Å². The van der Waals surface area contributed by atoms with Crippen molar-refractivity contribution in [3.63, 3.8) is 0 Å². The van der Waals surface area contributed by atoms with Crippen molar-refractivity contribution in [1.82, 2.24) is 19.9 Å². The van der Waals surface area contributed by atoms with Crippen LogP contribution in [0.1, 0.15) is 0 Å². The predicted molar refractivity (Wildman–Crippen MR) is 250 cm³/mol. The third-order valence-electron chi connectivity index (χ3n) is 10.7. The highest BCUT2D eigenvalue weighted by molar-refractivity contribution is 5.82. The number of anilines is 3. The lowest BCUT2D eigenvalue weighted by Crippen LogP contribution is -2.12. The van der Waals surface area contributed by atoms with Gasteiger partial charge in [0.2, 0.25) is 0 Å². The first-order valence-electron chi connectivity index (χ1n) is 20.4. The van der Waals surface area contributed by atoms with Crippen molar-refractivity contribution in [3.05, 3.63) is 237 Å². The molecule has 288 valence electrons. The Morgan fingerprint density at radius 3 is 1.20 bits per heavy atom. The van der Waals surface area contributed by atoms with E-state index >= 15 is 0 Å². The Labute approximate surface area is 356 Å².